The number of ether oxygens (including phenoxy) is 4. The Morgan fingerprint density at radius 2 is 2.00 bits per heavy atom. The van der Waals surface area contributed by atoms with Crippen LogP contribution in [0.5, 0.6) is 0 Å². The third-order valence-corrected chi connectivity index (χ3v) is 7.17. The Balaban J connectivity index is 1.31. The summed E-state index contributed by atoms with van der Waals surface area (Å²) in [6.45, 7) is 4.53. The van der Waals surface area contributed by atoms with Gasteiger partial charge in [-0.15, -0.1) is 0 Å². The second-order valence-electron chi connectivity index (χ2n) is 9.22. The summed E-state index contributed by atoms with van der Waals surface area (Å²) in [7, 11) is 0. The van der Waals surface area contributed by atoms with E-state index in [1.165, 1.54) is 0 Å². The number of hydrogen-bond acceptors (Lipinski definition) is 7. The molecule has 5 rings (SSSR count). The van der Waals surface area contributed by atoms with Crippen molar-refractivity contribution in [3.8, 4) is 0 Å². The topological polar surface area (TPSA) is 94.5 Å². The van der Waals surface area contributed by atoms with E-state index in [1.807, 2.05) is 0 Å². The van der Waals surface area contributed by atoms with Crippen molar-refractivity contribution in [3.05, 3.63) is 12.2 Å². The molecule has 8 unspecified atom stereocenters. The Bertz CT molecular complexity index is 638. The minimum absolute atomic E-state index is 0.0137. The van der Waals surface area contributed by atoms with E-state index in [-0.39, 0.29) is 54.9 Å². The molecule has 0 radical (unpaired) electrons. The molecule has 0 aromatic carbocycles. The molecular formula is C21H30O7. The normalized spacial score (nSPS) is 52.5. The Morgan fingerprint density at radius 3 is 2.75 bits per heavy atom. The third kappa shape index (κ3) is 3.36. The first-order valence-corrected chi connectivity index (χ1v) is 10.6. The third-order valence-electron chi connectivity index (χ3n) is 7.17. The van der Waals surface area contributed by atoms with Gasteiger partial charge in [-0.1, -0.05) is 6.58 Å². The highest BCUT2D eigenvalue weighted by molar-refractivity contribution is 5.50. The molecule has 0 aromatic rings. The number of fused-ring (bicyclic) bond motifs is 3. The van der Waals surface area contributed by atoms with E-state index in [2.05, 4.69) is 6.58 Å². The summed E-state index contributed by atoms with van der Waals surface area (Å²) in [4.78, 5) is 10.9. The summed E-state index contributed by atoms with van der Waals surface area (Å²) in [5, 5.41) is 22.0. The van der Waals surface area contributed by atoms with Gasteiger partial charge < -0.3 is 34.0 Å². The van der Waals surface area contributed by atoms with Crippen molar-refractivity contribution in [2.45, 2.75) is 93.5 Å². The number of carbonyl (C=O) groups excluding carboxylic acids is 1. The molecular weight excluding hydrogens is 364 g/mol. The predicted molar refractivity (Wildman–Crippen MR) is 97.4 cm³/mol. The van der Waals surface area contributed by atoms with Crippen LogP contribution in [0, 0.1) is 11.8 Å². The Kier molecular flexibility index (Phi) is 4.89. The lowest BCUT2D eigenvalue weighted by atomic mass is 9.92. The smallest absolute Gasteiger partial charge is 0.168 e. The van der Waals surface area contributed by atoms with Crippen molar-refractivity contribution in [2.75, 3.05) is 6.61 Å². The van der Waals surface area contributed by atoms with E-state index in [0.29, 0.717) is 25.9 Å². The fourth-order valence-corrected chi connectivity index (χ4v) is 5.74. The van der Waals surface area contributed by atoms with E-state index >= 15 is 0 Å². The summed E-state index contributed by atoms with van der Waals surface area (Å²) in [5.41, 5.74) is 1.08. The largest absolute Gasteiger partial charge is 0.393 e. The second kappa shape index (κ2) is 7.15. The van der Waals surface area contributed by atoms with Gasteiger partial charge in [-0.25, -0.2) is 0 Å². The van der Waals surface area contributed by atoms with E-state index in [1.54, 1.807) is 0 Å². The molecule has 4 aliphatic heterocycles. The van der Waals surface area contributed by atoms with Crippen LogP contribution in [0.25, 0.3) is 0 Å². The standard InChI is InChI=1S/C21H30O7/c1-11-8-13(25-10-11)4-6-21(24)9-14(23)16-17-19(16)27-15-3-2-12(5-7-22)26-18(15)20(17)28-21/h7,12-20,23-24H,1-6,8-10H2/t12?,13?,14?,15?,16?,17?,18?,19-,20?,21-/m0/s1. The highest BCUT2D eigenvalue weighted by atomic mass is 16.7. The van der Waals surface area contributed by atoms with Crippen molar-refractivity contribution in [1.29, 1.82) is 0 Å². The van der Waals surface area contributed by atoms with Crippen molar-refractivity contribution >= 4 is 6.29 Å². The molecule has 4 heterocycles. The monoisotopic (exact) mass is 394 g/mol. The van der Waals surface area contributed by atoms with Crippen molar-refractivity contribution in [3.63, 3.8) is 0 Å². The molecule has 0 bridgehead atoms. The van der Waals surface area contributed by atoms with Gasteiger partial charge >= 0.3 is 0 Å². The molecule has 0 spiro atoms. The van der Waals surface area contributed by atoms with E-state index in [9.17, 15) is 15.0 Å². The van der Waals surface area contributed by atoms with Crippen molar-refractivity contribution in [2.24, 2.45) is 11.8 Å². The first kappa shape index (κ1) is 19.2. The van der Waals surface area contributed by atoms with Gasteiger partial charge in [0, 0.05) is 31.1 Å². The average Bonchev–Trinajstić information content (AvgIpc) is 3.26. The lowest BCUT2D eigenvalue weighted by Gasteiger charge is -2.45. The first-order chi connectivity index (χ1) is 13.5. The summed E-state index contributed by atoms with van der Waals surface area (Å²) in [6.07, 6.45) is 3.42. The SMILES string of the molecule is C=C1COC(CC[C@@]2(O)CC(O)C3C4C(O2)C2OC(CC=O)CCC2O[C@@H]34)C1. The molecule has 10 atom stereocenters. The molecule has 7 nitrogen and oxygen atoms in total. The van der Waals surface area contributed by atoms with Crippen LogP contribution in [0.2, 0.25) is 0 Å². The van der Waals surface area contributed by atoms with Crippen LogP contribution in [0.1, 0.15) is 44.9 Å². The quantitative estimate of drug-likeness (QED) is 0.533. The van der Waals surface area contributed by atoms with Crippen molar-refractivity contribution < 1.29 is 34.0 Å². The van der Waals surface area contributed by atoms with Gasteiger partial charge in [0.1, 0.15) is 12.4 Å². The zero-order valence-electron chi connectivity index (χ0n) is 16.1. The van der Waals surface area contributed by atoms with Crippen LogP contribution >= 0.6 is 0 Å². The molecule has 156 valence electrons. The number of aliphatic hydroxyl groups is 2. The van der Waals surface area contributed by atoms with Crippen LogP contribution in [0.3, 0.4) is 0 Å². The Hall–Kier alpha value is -0.830. The molecule has 4 saturated heterocycles. The Labute approximate surface area is 165 Å². The van der Waals surface area contributed by atoms with E-state index in [4.69, 9.17) is 18.9 Å². The van der Waals surface area contributed by atoms with Crippen LogP contribution in [0.4, 0.5) is 0 Å². The maximum atomic E-state index is 11.2. The molecule has 5 fully saturated rings. The second-order valence-corrected chi connectivity index (χ2v) is 9.22. The van der Waals surface area contributed by atoms with Gasteiger partial charge in [-0.2, -0.15) is 0 Å². The molecule has 0 amide bonds. The first-order valence-electron chi connectivity index (χ1n) is 10.6. The van der Waals surface area contributed by atoms with Gasteiger partial charge in [0.05, 0.1) is 43.2 Å². The number of aliphatic hydroxyl groups excluding tert-OH is 1. The molecule has 5 aliphatic rings. The highest BCUT2D eigenvalue weighted by Gasteiger charge is 2.69. The van der Waals surface area contributed by atoms with Crippen LogP contribution in [-0.2, 0) is 23.7 Å². The number of aldehydes is 1. The summed E-state index contributed by atoms with van der Waals surface area (Å²) in [5.74, 6) is -1.37. The summed E-state index contributed by atoms with van der Waals surface area (Å²) in [6, 6.07) is 0. The van der Waals surface area contributed by atoms with Gasteiger partial charge in [-0.05, 0) is 31.3 Å². The van der Waals surface area contributed by atoms with Gasteiger partial charge in [0.2, 0.25) is 0 Å². The number of carbonyl (C=O) groups is 1. The van der Waals surface area contributed by atoms with Crippen LogP contribution in [0.15, 0.2) is 12.2 Å². The highest BCUT2D eigenvalue weighted by Crippen LogP contribution is 2.58. The van der Waals surface area contributed by atoms with Gasteiger partial charge in [0.15, 0.2) is 5.79 Å². The zero-order chi connectivity index (χ0) is 19.5. The van der Waals surface area contributed by atoms with E-state index in [0.717, 1.165) is 31.1 Å². The average molecular weight is 394 g/mol. The zero-order valence-corrected chi connectivity index (χ0v) is 16.1. The minimum Gasteiger partial charge on any atom is -0.393 e. The maximum absolute atomic E-state index is 11.2. The molecule has 28 heavy (non-hydrogen) atoms. The minimum atomic E-state index is -1.40. The van der Waals surface area contributed by atoms with Crippen LogP contribution < -0.4 is 0 Å². The molecule has 1 saturated carbocycles. The summed E-state index contributed by atoms with van der Waals surface area (Å²) < 4.78 is 24.4. The van der Waals surface area contributed by atoms with Gasteiger partial charge in [-0.3, -0.25) is 0 Å². The lowest BCUT2D eigenvalue weighted by Crippen LogP contribution is -2.55. The molecule has 0 aromatic heterocycles. The molecule has 1 aliphatic carbocycles. The fraction of sp³-hybridized carbons (Fsp3) is 0.857. The fourth-order valence-electron chi connectivity index (χ4n) is 5.74. The molecule has 2 N–H and O–H groups in total. The number of rotatable bonds is 5. The lowest BCUT2D eigenvalue weighted by molar-refractivity contribution is -0.301. The van der Waals surface area contributed by atoms with E-state index < -0.39 is 11.9 Å². The van der Waals surface area contributed by atoms with Crippen molar-refractivity contribution in [1.82, 2.24) is 0 Å². The summed E-state index contributed by atoms with van der Waals surface area (Å²) >= 11 is 0. The predicted octanol–water partition coefficient (Wildman–Crippen LogP) is 1.10. The maximum Gasteiger partial charge on any atom is 0.168 e. The Morgan fingerprint density at radius 1 is 1.14 bits per heavy atom. The number of hydrogen-bond donors (Lipinski definition) is 2. The van der Waals surface area contributed by atoms with Gasteiger partial charge in [0.25, 0.3) is 0 Å². The van der Waals surface area contributed by atoms with Crippen LogP contribution in [-0.4, -0.2) is 71.6 Å². The molecule has 7 heteroatoms.